The zero-order valence-electron chi connectivity index (χ0n) is 10.8. The Balaban J connectivity index is 2.06. The molecule has 0 aromatic carbocycles. The Morgan fingerprint density at radius 2 is 2.39 bits per heavy atom. The molecule has 1 heterocycles. The minimum atomic E-state index is -0.810. The first-order valence-electron chi connectivity index (χ1n) is 5.89. The van der Waals surface area contributed by atoms with Crippen LogP contribution in [-0.4, -0.2) is 46.6 Å². The van der Waals surface area contributed by atoms with Crippen molar-refractivity contribution < 1.29 is 14.1 Å². The van der Waals surface area contributed by atoms with Crippen molar-refractivity contribution in [1.29, 1.82) is 0 Å². The normalized spacial score (nSPS) is 16.4. The van der Waals surface area contributed by atoms with Crippen LogP contribution in [0.1, 0.15) is 11.8 Å². The molecule has 0 spiro atoms. The molecule has 1 aromatic rings. The van der Waals surface area contributed by atoms with Crippen molar-refractivity contribution in [2.75, 3.05) is 25.2 Å². The van der Waals surface area contributed by atoms with Gasteiger partial charge in [-0.25, -0.2) is 0 Å². The van der Waals surface area contributed by atoms with Gasteiger partial charge >= 0.3 is 0 Å². The highest BCUT2D eigenvalue weighted by atomic mass is 32.2. The summed E-state index contributed by atoms with van der Waals surface area (Å²) in [6.45, 7) is 3.28. The molecule has 0 radical (unpaired) electrons. The fraction of sp³-hybridized carbons (Fsp3) is 0.667. The van der Waals surface area contributed by atoms with E-state index in [1.54, 1.807) is 17.6 Å². The van der Waals surface area contributed by atoms with Crippen molar-refractivity contribution in [2.24, 2.45) is 0 Å². The van der Waals surface area contributed by atoms with E-state index in [0.29, 0.717) is 25.5 Å². The standard InChI is InChI=1S/C12H21NO3S2/c1-10(9-18(2)15)13-6-11(14)7-16-8-12-4-3-5-17-12/h3-5,10-11,13-14H,6-9H2,1-2H3. The Morgan fingerprint density at radius 3 is 3.00 bits per heavy atom. The number of hydrogen-bond acceptors (Lipinski definition) is 5. The number of thiophene rings is 1. The lowest BCUT2D eigenvalue weighted by molar-refractivity contribution is 0.0291. The van der Waals surface area contributed by atoms with Crippen LogP contribution in [-0.2, 0) is 22.1 Å². The maximum absolute atomic E-state index is 11.0. The summed E-state index contributed by atoms with van der Waals surface area (Å²) >= 11 is 1.64. The first-order chi connectivity index (χ1) is 8.58. The highest BCUT2D eigenvalue weighted by Crippen LogP contribution is 2.09. The van der Waals surface area contributed by atoms with Gasteiger partial charge in [-0.2, -0.15) is 0 Å². The average Bonchev–Trinajstić information content (AvgIpc) is 2.78. The molecule has 2 N–H and O–H groups in total. The molecule has 3 unspecified atom stereocenters. The van der Waals surface area contributed by atoms with Gasteiger partial charge in [-0.05, 0) is 18.4 Å². The Morgan fingerprint density at radius 1 is 1.61 bits per heavy atom. The average molecular weight is 291 g/mol. The first kappa shape index (κ1) is 15.8. The second-order valence-corrected chi connectivity index (χ2v) is 6.81. The number of rotatable bonds is 9. The van der Waals surface area contributed by atoms with Crippen molar-refractivity contribution >= 4 is 22.1 Å². The molecule has 3 atom stereocenters. The molecule has 104 valence electrons. The minimum absolute atomic E-state index is 0.141. The fourth-order valence-corrected chi connectivity index (χ4v) is 2.96. The molecule has 4 nitrogen and oxygen atoms in total. The molecule has 0 saturated carbocycles. The van der Waals surface area contributed by atoms with Crippen molar-refractivity contribution in [1.82, 2.24) is 5.32 Å². The molecule has 0 amide bonds. The molecule has 0 fully saturated rings. The van der Waals surface area contributed by atoms with E-state index < -0.39 is 16.9 Å². The van der Waals surface area contributed by atoms with Crippen LogP contribution < -0.4 is 5.32 Å². The van der Waals surface area contributed by atoms with Crippen LogP contribution in [0, 0.1) is 0 Å². The van der Waals surface area contributed by atoms with E-state index in [1.165, 1.54) is 0 Å². The van der Waals surface area contributed by atoms with Gasteiger partial charge in [0.2, 0.25) is 0 Å². The number of nitrogens with one attached hydrogen (secondary N) is 1. The van der Waals surface area contributed by atoms with Gasteiger partial charge in [0, 0.05) is 40.3 Å². The zero-order valence-corrected chi connectivity index (χ0v) is 12.4. The zero-order chi connectivity index (χ0) is 13.4. The SMILES string of the molecule is CC(CS(C)=O)NCC(O)COCc1cccs1. The van der Waals surface area contributed by atoms with Crippen molar-refractivity contribution in [3.63, 3.8) is 0 Å². The maximum atomic E-state index is 11.0. The lowest BCUT2D eigenvalue weighted by Gasteiger charge is -2.16. The van der Waals surface area contributed by atoms with Gasteiger partial charge in [0.15, 0.2) is 0 Å². The van der Waals surface area contributed by atoms with E-state index in [2.05, 4.69) is 5.32 Å². The third-order valence-electron chi connectivity index (χ3n) is 2.32. The number of hydrogen-bond donors (Lipinski definition) is 2. The summed E-state index contributed by atoms with van der Waals surface area (Å²) in [5.41, 5.74) is 0. The van der Waals surface area contributed by atoms with Gasteiger partial charge in [-0.3, -0.25) is 4.21 Å². The van der Waals surface area contributed by atoms with Gasteiger partial charge < -0.3 is 15.2 Å². The summed E-state index contributed by atoms with van der Waals surface area (Å²) in [7, 11) is -0.810. The molecule has 18 heavy (non-hydrogen) atoms. The summed E-state index contributed by atoms with van der Waals surface area (Å²) < 4.78 is 16.4. The summed E-state index contributed by atoms with van der Waals surface area (Å²) in [6.07, 6.45) is 1.15. The van der Waals surface area contributed by atoms with Crippen molar-refractivity contribution in [3.8, 4) is 0 Å². The molecule has 0 aliphatic rings. The van der Waals surface area contributed by atoms with Gasteiger partial charge in [-0.1, -0.05) is 6.07 Å². The molecule has 1 aromatic heterocycles. The Kier molecular flexibility index (Phi) is 7.69. The summed E-state index contributed by atoms with van der Waals surface area (Å²) in [4.78, 5) is 1.16. The van der Waals surface area contributed by atoms with Crippen LogP contribution >= 0.6 is 11.3 Å². The van der Waals surface area contributed by atoms with E-state index in [4.69, 9.17) is 4.74 Å². The van der Waals surface area contributed by atoms with Crippen LogP contribution in [0.25, 0.3) is 0 Å². The third kappa shape index (κ3) is 7.23. The molecular weight excluding hydrogens is 270 g/mol. The third-order valence-corrected chi connectivity index (χ3v) is 4.14. The predicted octanol–water partition coefficient (Wildman–Crippen LogP) is 0.982. The number of ether oxygens (including phenoxy) is 1. The second kappa shape index (κ2) is 8.77. The maximum Gasteiger partial charge on any atom is 0.0897 e. The Bertz CT molecular complexity index is 343. The summed E-state index contributed by atoms with van der Waals surface area (Å²) in [6, 6.07) is 4.13. The van der Waals surface area contributed by atoms with Crippen LogP contribution in [0.3, 0.4) is 0 Å². The quantitative estimate of drug-likeness (QED) is 0.712. The lowest BCUT2D eigenvalue weighted by atomic mass is 10.3. The molecule has 0 aliphatic carbocycles. The monoisotopic (exact) mass is 291 g/mol. The van der Waals surface area contributed by atoms with Crippen molar-refractivity contribution in [3.05, 3.63) is 22.4 Å². The van der Waals surface area contributed by atoms with E-state index in [9.17, 15) is 9.32 Å². The van der Waals surface area contributed by atoms with Gasteiger partial charge in [0.05, 0.1) is 19.3 Å². The van der Waals surface area contributed by atoms with Crippen LogP contribution in [0.5, 0.6) is 0 Å². The van der Waals surface area contributed by atoms with Crippen LogP contribution in [0.2, 0.25) is 0 Å². The topological polar surface area (TPSA) is 58.6 Å². The Hall–Kier alpha value is -0.270. The largest absolute Gasteiger partial charge is 0.389 e. The number of aliphatic hydroxyl groups is 1. The van der Waals surface area contributed by atoms with Crippen LogP contribution in [0.4, 0.5) is 0 Å². The lowest BCUT2D eigenvalue weighted by Crippen LogP contribution is -2.38. The van der Waals surface area contributed by atoms with Crippen LogP contribution in [0.15, 0.2) is 17.5 Å². The van der Waals surface area contributed by atoms with E-state index in [1.807, 2.05) is 24.4 Å². The second-order valence-electron chi connectivity index (χ2n) is 4.30. The molecule has 0 saturated heterocycles. The highest BCUT2D eigenvalue weighted by Gasteiger charge is 2.08. The predicted molar refractivity (Wildman–Crippen MR) is 76.4 cm³/mol. The van der Waals surface area contributed by atoms with Gasteiger partial charge in [0.25, 0.3) is 0 Å². The summed E-state index contributed by atoms with van der Waals surface area (Å²) in [5, 5.41) is 14.8. The Labute approximate surface area is 115 Å². The molecule has 6 heteroatoms. The van der Waals surface area contributed by atoms with E-state index in [0.717, 1.165) is 4.88 Å². The molecular formula is C12H21NO3S2. The van der Waals surface area contributed by atoms with E-state index >= 15 is 0 Å². The smallest absolute Gasteiger partial charge is 0.0897 e. The van der Waals surface area contributed by atoms with Gasteiger partial charge in [-0.15, -0.1) is 11.3 Å². The summed E-state index contributed by atoms with van der Waals surface area (Å²) in [5.74, 6) is 0.600. The molecule has 1 rings (SSSR count). The molecule has 0 aliphatic heterocycles. The van der Waals surface area contributed by atoms with Crippen molar-refractivity contribution in [2.45, 2.75) is 25.7 Å². The molecule has 0 bridgehead atoms. The minimum Gasteiger partial charge on any atom is -0.389 e. The fourth-order valence-electron chi connectivity index (χ4n) is 1.50. The van der Waals surface area contributed by atoms with Gasteiger partial charge in [0.1, 0.15) is 0 Å². The highest BCUT2D eigenvalue weighted by molar-refractivity contribution is 7.84. The van der Waals surface area contributed by atoms with E-state index in [-0.39, 0.29) is 6.04 Å². The number of aliphatic hydroxyl groups excluding tert-OH is 1. The first-order valence-corrected chi connectivity index (χ1v) is 8.50.